The quantitative estimate of drug-likeness (QED) is 0.819. The Labute approximate surface area is 94.9 Å². The van der Waals surface area contributed by atoms with Gasteiger partial charge in [0.05, 0.1) is 16.7 Å². The number of aryl methyl sites for hydroxylation is 1. The molecule has 0 aliphatic heterocycles. The van der Waals surface area contributed by atoms with Gasteiger partial charge in [-0.25, -0.2) is 9.97 Å². The van der Waals surface area contributed by atoms with Gasteiger partial charge in [0, 0.05) is 12.6 Å². The molecule has 2 rings (SSSR count). The number of nitrogens with one attached hydrogen (secondary N) is 1. The second-order valence-corrected chi connectivity index (χ2v) is 4.00. The van der Waals surface area contributed by atoms with Crippen LogP contribution in [0.3, 0.4) is 0 Å². The molecule has 4 heteroatoms. The highest BCUT2D eigenvalue weighted by atomic mass is 15.0. The average Bonchev–Trinajstić information content (AvgIpc) is 2.26. The van der Waals surface area contributed by atoms with Gasteiger partial charge in [0.1, 0.15) is 5.82 Å². The molecule has 4 nitrogen and oxygen atoms in total. The maximum absolute atomic E-state index is 5.69. The summed E-state index contributed by atoms with van der Waals surface area (Å²) in [5.41, 5.74) is 8.42. The van der Waals surface area contributed by atoms with Crippen molar-refractivity contribution < 1.29 is 0 Å². The van der Waals surface area contributed by atoms with Crippen LogP contribution in [0.2, 0.25) is 0 Å². The highest BCUT2D eigenvalue weighted by molar-refractivity contribution is 5.76. The smallest absolute Gasteiger partial charge is 0.148 e. The monoisotopic (exact) mass is 216 g/mol. The van der Waals surface area contributed by atoms with E-state index in [1.807, 2.05) is 38.1 Å². The SMILES string of the molecule is Cc1nc2ccccc2nc1NCC(C)N. The fourth-order valence-electron chi connectivity index (χ4n) is 1.51. The molecule has 0 amide bonds. The topological polar surface area (TPSA) is 63.8 Å². The Morgan fingerprint density at radius 3 is 2.50 bits per heavy atom. The van der Waals surface area contributed by atoms with Crippen LogP contribution in [0.25, 0.3) is 11.0 Å². The van der Waals surface area contributed by atoms with E-state index in [9.17, 15) is 0 Å². The number of rotatable bonds is 3. The van der Waals surface area contributed by atoms with E-state index in [2.05, 4.69) is 15.3 Å². The van der Waals surface area contributed by atoms with Crippen LogP contribution in [0.1, 0.15) is 12.6 Å². The lowest BCUT2D eigenvalue weighted by molar-refractivity contribution is 0.776. The summed E-state index contributed by atoms with van der Waals surface area (Å²) in [4.78, 5) is 9.01. The van der Waals surface area contributed by atoms with Crippen molar-refractivity contribution in [1.82, 2.24) is 9.97 Å². The molecule has 0 saturated heterocycles. The molecule has 84 valence electrons. The summed E-state index contributed by atoms with van der Waals surface area (Å²) >= 11 is 0. The molecule has 0 aliphatic carbocycles. The van der Waals surface area contributed by atoms with E-state index in [-0.39, 0.29) is 6.04 Å². The van der Waals surface area contributed by atoms with Gasteiger partial charge >= 0.3 is 0 Å². The fourth-order valence-corrected chi connectivity index (χ4v) is 1.51. The Morgan fingerprint density at radius 2 is 1.88 bits per heavy atom. The maximum Gasteiger partial charge on any atom is 0.148 e. The van der Waals surface area contributed by atoms with Crippen molar-refractivity contribution >= 4 is 16.9 Å². The van der Waals surface area contributed by atoms with Crippen LogP contribution in [-0.2, 0) is 0 Å². The second-order valence-electron chi connectivity index (χ2n) is 4.00. The molecule has 1 unspecified atom stereocenters. The summed E-state index contributed by atoms with van der Waals surface area (Å²) in [6, 6.07) is 7.95. The van der Waals surface area contributed by atoms with Crippen LogP contribution in [0, 0.1) is 6.92 Å². The summed E-state index contributed by atoms with van der Waals surface area (Å²) < 4.78 is 0. The summed E-state index contributed by atoms with van der Waals surface area (Å²) in [5, 5.41) is 3.21. The standard InChI is InChI=1S/C12H16N4/c1-8(13)7-14-12-9(2)15-10-5-3-4-6-11(10)16-12/h3-6,8H,7,13H2,1-2H3,(H,14,16). The highest BCUT2D eigenvalue weighted by Crippen LogP contribution is 2.15. The van der Waals surface area contributed by atoms with Gasteiger partial charge in [-0.2, -0.15) is 0 Å². The van der Waals surface area contributed by atoms with Crippen LogP contribution in [0.5, 0.6) is 0 Å². The number of nitrogens with two attached hydrogens (primary N) is 1. The minimum absolute atomic E-state index is 0.104. The fraction of sp³-hybridized carbons (Fsp3) is 0.333. The van der Waals surface area contributed by atoms with Crippen molar-refractivity contribution in [2.75, 3.05) is 11.9 Å². The molecular formula is C12H16N4. The van der Waals surface area contributed by atoms with E-state index in [1.165, 1.54) is 0 Å². The van der Waals surface area contributed by atoms with Gasteiger partial charge in [0.15, 0.2) is 0 Å². The molecule has 0 spiro atoms. The van der Waals surface area contributed by atoms with E-state index in [4.69, 9.17) is 5.73 Å². The van der Waals surface area contributed by atoms with Gasteiger partial charge in [-0.05, 0) is 26.0 Å². The van der Waals surface area contributed by atoms with Crippen LogP contribution in [0.4, 0.5) is 5.82 Å². The highest BCUT2D eigenvalue weighted by Gasteiger charge is 2.04. The first-order valence-electron chi connectivity index (χ1n) is 5.39. The zero-order chi connectivity index (χ0) is 11.5. The molecule has 0 radical (unpaired) electrons. The number of aromatic nitrogens is 2. The van der Waals surface area contributed by atoms with Crippen LogP contribution >= 0.6 is 0 Å². The molecule has 3 N–H and O–H groups in total. The first kappa shape index (κ1) is 10.8. The van der Waals surface area contributed by atoms with Crippen molar-refractivity contribution in [3.05, 3.63) is 30.0 Å². The number of fused-ring (bicyclic) bond motifs is 1. The van der Waals surface area contributed by atoms with E-state index >= 15 is 0 Å². The summed E-state index contributed by atoms with van der Waals surface area (Å²) in [6.45, 7) is 4.60. The van der Waals surface area contributed by atoms with Gasteiger partial charge in [-0.3, -0.25) is 0 Å². The Kier molecular flexibility index (Phi) is 3.01. The number of hydrogen-bond donors (Lipinski definition) is 2. The minimum Gasteiger partial charge on any atom is -0.367 e. The third kappa shape index (κ3) is 2.28. The number of para-hydroxylation sites is 2. The molecule has 2 aromatic rings. The molecule has 16 heavy (non-hydrogen) atoms. The van der Waals surface area contributed by atoms with Crippen molar-refractivity contribution in [2.45, 2.75) is 19.9 Å². The molecule has 0 aliphatic rings. The van der Waals surface area contributed by atoms with Crippen molar-refractivity contribution in [3.8, 4) is 0 Å². The van der Waals surface area contributed by atoms with Crippen LogP contribution < -0.4 is 11.1 Å². The van der Waals surface area contributed by atoms with Crippen LogP contribution in [-0.4, -0.2) is 22.6 Å². The Bertz CT molecular complexity index is 493. The van der Waals surface area contributed by atoms with Gasteiger partial charge in [0.2, 0.25) is 0 Å². The van der Waals surface area contributed by atoms with Crippen molar-refractivity contribution in [3.63, 3.8) is 0 Å². The van der Waals surface area contributed by atoms with Gasteiger partial charge < -0.3 is 11.1 Å². The molecule has 0 fully saturated rings. The van der Waals surface area contributed by atoms with Crippen molar-refractivity contribution in [1.29, 1.82) is 0 Å². The number of anilines is 1. The normalized spacial score (nSPS) is 12.7. The van der Waals surface area contributed by atoms with E-state index in [0.717, 1.165) is 22.5 Å². The molecule has 1 aromatic heterocycles. The lowest BCUT2D eigenvalue weighted by atomic mass is 10.3. The Balaban J connectivity index is 2.34. The van der Waals surface area contributed by atoms with Gasteiger partial charge in [0.25, 0.3) is 0 Å². The lowest BCUT2D eigenvalue weighted by Crippen LogP contribution is -2.25. The van der Waals surface area contributed by atoms with Crippen LogP contribution in [0.15, 0.2) is 24.3 Å². The lowest BCUT2D eigenvalue weighted by Gasteiger charge is -2.10. The van der Waals surface area contributed by atoms with E-state index in [0.29, 0.717) is 6.54 Å². The predicted molar refractivity (Wildman–Crippen MR) is 66.4 cm³/mol. The molecule has 0 saturated carbocycles. The second kappa shape index (κ2) is 4.45. The Morgan fingerprint density at radius 1 is 1.25 bits per heavy atom. The number of nitrogens with zero attached hydrogens (tertiary/aromatic N) is 2. The predicted octanol–water partition coefficient (Wildman–Crippen LogP) is 1.70. The zero-order valence-electron chi connectivity index (χ0n) is 9.57. The largest absolute Gasteiger partial charge is 0.367 e. The third-order valence-corrected chi connectivity index (χ3v) is 2.34. The van der Waals surface area contributed by atoms with Gasteiger partial charge in [-0.1, -0.05) is 12.1 Å². The summed E-state index contributed by atoms with van der Waals surface area (Å²) in [5.74, 6) is 0.816. The number of hydrogen-bond acceptors (Lipinski definition) is 4. The zero-order valence-corrected chi connectivity index (χ0v) is 9.57. The molecule has 0 bridgehead atoms. The first-order valence-corrected chi connectivity index (χ1v) is 5.39. The summed E-state index contributed by atoms with van der Waals surface area (Å²) in [6.07, 6.45) is 0. The van der Waals surface area contributed by atoms with Crippen molar-refractivity contribution in [2.24, 2.45) is 5.73 Å². The Hall–Kier alpha value is -1.68. The molecule has 1 heterocycles. The molecule has 1 atom stereocenters. The van der Waals surface area contributed by atoms with E-state index in [1.54, 1.807) is 0 Å². The first-order chi connectivity index (χ1) is 7.66. The van der Waals surface area contributed by atoms with E-state index < -0.39 is 0 Å². The summed E-state index contributed by atoms with van der Waals surface area (Å²) in [7, 11) is 0. The maximum atomic E-state index is 5.69. The minimum atomic E-state index is 0.104. The van der Waals surface area contributed by atoms with Gasteiger partial charge in [-0.15, -0.1) is 0 Å². The number of benzene rings is 1. The third-order valence-electron chi connectivity index (χ3n) is 2.34. The molecule has 1 aromatic carbocycles. The molecular weight excluding hydrogens is 200 g/mol. The average molecular weight is 216 g/mol.